The van der Waals surface area contributed by atoms with E-state index in [0.29, 0.717) is 12.3 Å². The summed E-state index contributed by atoms with van der Waals surface area (Å²) in [7, 11) is 1.76. The molecule has 146 valence electrons. The average Bonchev–Trinajstić information content (AvgIpc) is 3.07. The lowest BCUT2D eigenvalue weighted by atomic mass is 10.0. The van der Waals surface area contributed by atoms with Crippen molar-refractivity contribution in [2.24, 2.45) is 0 Å². The third-order valence-corrected chi connectivity index (χ3v) is 4.81. The molecule has 1 aromatic heterocycles. The molecule has 0 spiro atoms. The van der Waals surface area contributed by atoms with Crippen molar-refractivity contribution in [3.05, 3.63) is 64.9 Å². The number of hydrogen-bond donors (Lipinski definition) is 1. The van der Waals surface area contributed by atoms with Crippen molar-refractivity contribution in [2.75, 3.05) is 13.7 Å². The number of aliphatic carboxylic acids is 1. The standard InChI is InChI=1S/C22H23NO5/c1-14-4-9-19-17(12-28-22(19)15(14)2)10-20(24)23(3)11-16-5-7-18(8-6-16)27-13-21(25)26/h4-9,12H,10-11,13H2,1-3H3,(H,25,26). The quantitative estimate of drug-likeness (QED) is 0.675. The summed E-state index contributed by atoms with van der Waals surface area (Å²) in [5.74, 6) is -0.547. The molecule has 3 aromatic rings. The summed E-state index contributed by atoms with van der Waals surface area (Å²) in [5, 5.41) is 9.61. The Bertz CT molecular complexity index is 1000. The number of likely N-dealkylation sites (N-methyl/N-ethyl adjacent to an activating group) is 1. The molecule has 6 heteroatoms. The fourth-order valence-corrected chi connectivity index (χ4v) is 3.02. The van der Waals surface area contributed by atoms with Crippen molar-refractivity contribution in [3.8, 4) is 5.75 Å². The number of benzene rings is 2. The van der Waals surface area contributed by atoms with Crippen LogP contribution in [0.2, 0.25) is 0 Å². The second-order valence-electron chi connectivity index (χ2n) is 6.90. The Hall–Kier alpha value is -3.28. The van der Waals surface area contributed by atoms with E-state index in [1.165, 1.54) is 0 Å². The van der Waals surface area contributed by atoms with Gasteiger partial charge in [-0.3, -0.25) is 4.79 Å². The van der Waals surface area contributed by atoms with Gasteiger partial charge in [-0.05, 0) is 42.7 Å². The molecule has 0 aliphatic rings. The molecule has 0 bridgehead atoms. The molecule has 3 rings (SSSR count). The number of fused-ring (bicyclic) bond motifs is 1. The van der Waals surface area contributed by atoms with Crippen LogP contribution < -0.4 is 4.74 Å². The van der Waals surface area contributed by atoms with Gasteiger partial charge in [-0.2, -0.15) is 0 Å². The fourth-order valence-electron chi connectivity index (χ4n) is 3.02. The molecule has 0 aliphatic carbocycles. The van der Waals surface area contributed by atoms with Gasteiger partial charge in [0, 0.05) is 24.5 Å². The molecule has 0 radical (unpaired) electrons. The molecule has 2 aromatic carbocycles. The predicted molar refractivity (Wildman–Crippen MR) is 105 cm³/mol. The lowest BCUT2D eigenvalue weighted by Crippen LogP contribution is -2.27. The van der Waals surface area contributed by atoms with Crippen LogP contribution in [0.5, 0.6) is 5.75 Å². The third kappa shape index (κ3) is 4.34. The summed E-state index contributed by atoms with van der Waals surface area (Å²) in [4.78, 5) is 24.8. The highest BCUT2D eigenvalue weighted by Crippen LogP contribution is 2.27. The number of carbonyl (C=O) groups is 2. The zero-order chi connectivity index (χ0) is 20.3. The maximum atomic E-state index is 12.6. The van der Waals surface area contributed by atoms with Crippen molar-refractivity contribution >= 4 is 22.8 Å². The first-order chi connectivity index (χ1) is 13.3. The molecule has 0 saturated heterocycles. The Labute approximate surface area is 163 Å². The summed E-state index contributed by atoms with van der Waals surface area (Å²) in [6.45, 7) is 4.12. The number of amides is 1. The van der Waals surface area contributed by atoms with E-state index < -0.39 is 5.97 Å². The zero-order valence-corrected chi connectivity index (χ0v) is 16.2. The first-order valence-electron chi connectivity index (χ1n) is 8.99. The molecular formula is C22H23NO5. The highest BCUT2D eigenvalue weighted by molar-refractivity contribution is 5.89. The molecule has 1 amide bonds. The molecule has 0 saturated carbocycles. The van der Waals surface area contributed by atoms with Gasteiger partial charge in [-0.15, -0.1) is 0 Å². The maximum Gasteiger partial charge on any atom is 0.341 e. The summed E-state index contributed by atoms with van der Waals surface area (Å²) in [5.41, 5.74) is 4.90. The monoisotopic (exact) mass is 381 g/mol. The van der Waals surface area contributed by atoms with Gasteiger partial charge < -0.3 is 19.2 Å². The summed E-state index contributed by atoms with van der Waals surface area (Å²) >= 11 is 0. The van der Waals surface area contributed by atoms with Gasteiger partial charge >= 0.3 is 5.97 Å². The molecule has 1 N–H and O–H groups in total. The van der Waals surface area contributed by atoms with Crippen molar-refractivity contribution in [2.45, 2.75) is 26.8 Å². The van der Waals surface area contributed by atoms with Crippen LogP contribution in [-0.4, -0.2) is 35.5 Å². The van der Waals surface area contributed by atoms with Crippen molar-refractivity contribution in [3.63, 3.8) is 0 Å². The van der Waals surface area contributed by atoms with Crippen LogP contribution in [0.4, 0.5) is 0 Å². The highest BCUT2D eigenvalue weighted by atomic mass is 16.5. The maximum absolute atomic E-state index is 12.6. The largest absolute Gasteiger partial charge is 0.482 e. The molecule has 0 fully saturated rings. The first kappa shape index (κ1) is 19.5. The molecule has 1 heterocycles. The van der Waals surface area contributed by atoms with Gasteiger partial charge in [-0.1, -0.05) is 24.3 Å². The van der Waals surface area contributed by atoms with E-state index in [-0.39, 0.29) is 18.9 Å². The number of aryl methyl sites for hydroxylation is 2. The number of carboxylic acids is 1. The lowest BCUT2D eigenvalue weighted by molar-refractivity contribution is -0.139. The average molecular weight is 381 g/mol. The highest BCUT2D eigenvalue weighted by Gasteiger charge is 2.16. The van der Waals surface area contributed by atoms with Crippen LogP contribution in [0.25, 0.3) is 11.0 Å². The van der Waals surface area contributed by atoms with Gasteiger partial charge in [-0.25, -0.2) is 4.79 Å². The Kier molecular flexibility index (Phi) is 5.68. The topological polar surface area (TPSA) is 80.0 Å². The minimum absolute atomic E-state index is 0.00729. The van der Waals surface area contributed by atoms with E-state index in [9.17, 15) is 9.59 Å². The Morgan fingerprint density at radius 3 is 2.50 bits per heavy atom. The van der Waals surface area contributed by atoms with Crippen LogP contribution in [-0.2, 0) is 22.6 Å². The Morgan fingerprint density at radius 2 is 1.82 bits per heavy atom. The number of furan rings is 1. The molecular weight excluding hydrogens is 358 g/mol. The van der Waals surface area contributed by atoms with Gasteiger partial charge in [0.15, 0.2) is 6.61 Å². The summed E-state index contributed by atoms with van der Waals surface area (Å²) < 4.78 is 10.8. The minimum atomic E-state index is -1.02. The smallest absolute Gasteiger partial charge is 0.341 e. The normalized spacial score (nSPS) is 10.8. The third-order valence-electron chi connectivity index (χ3n) is 4.81. The first-order valence-corrected chi connectivity index (χ1v) is 8.99. The summed E-state index contributed by atoms with van der Waals surface area (Å²) in [6, 6.07) is 11.1. The van der Waals surface area contributed by atoms with Crippen LogP contribution in [0.3, 0.4) is 0 Å². The van der Waals surface area contributed by atoms with Gasteiger partial charge in [0.2, 0.25) is 5.91 Å². The van der Waals surface area contributed by atoms with E-state index in [1.807, 2.05) is 38.1 Å². The van der Waals surface area contributed by atoms with Gasteiger partial charge in [0.05, 0.1) is 12.7 Å². The minimum Gasteiger partial charge on any atom is -0.482 e. The number of carboxylic acid groups (broad SMARTS) is 1. The molecule has 6 nitrogen and oxygen atoms in total. The van der Waals surface area contributed by atoms with Crippen LogP contribution in [0, 0.1) is 13.8 Å². The molecule has 0 unspecified atom stereocenters. The SMILES string of the molecule is Cc1ccc2c(CC(=O)N(C)Cc3ccc(OCC(=O)O)cc3)coc2c1C. The molecule has 28 heavy (non-hydrogen) atoms. The van der Waals surface area contributed by atoms with E-state index in [1.54, 1.807) is 30.3 Å². The van der Waals surface area contributed by atoms with Crippen molar-refractivity contribution in [1.82, 2.24) is 4.90 Å². The summed E-state index contributed by atoms with van der Waals surface area (Å²) in [6.07, 6.45) is 1.93. The Balaban J connectivity index is 1.63. The van der Waals surface area contributed by atoms with Gasteiger partial charge in [0.1, 0.15) is 11.3 Å². The number of ether oxygens (including phenoxy) is 1. The number of hydrogen-bond acceptors (Lipinski definition) is 4. The van der Waals surface area contributed by atoms with Crippen LogP contribution in [0.1, 0.15) is 22.3 Å². The van der Waals surface area contributed by atoms with Crippen molar-refractivity contribution < 1.29 is 23.8 Å². The second kappa shape index (κ2) is 8.17. The zero-order valence-electron chi connectivity index (χ0n) is 16.2. The number of rotatable bonds is 7. The van der Waals surface area contributed by atoms with Gasteiger partial charge in [0.25, 0.3) is 0 Å². The number of nitrogens with zero attached hydrogens (tertiary/aromatic N) is 1. The molecule has 0 aliphatic heterocycles. The van der Waals surface area contributed by atoms with E-state index in [4.69, 9.17) is 14.3 Å². The fraction of sp³-hybridized carbons (Fsp3) is 0.273. The van der Waals surface area contributed by atoms with Crippen LogP contribution in [0.15, 0.2) is 47.1 Å². The van der Waals surface area contributed by atoms with E-state index in [2.05, 4.69) is 0 Å². The van der Waals surface area contributed by atoms with E-state index >= 15 is 0 Å². The predicted octanol–water partition coefficient (Wildman–Crippen LogP) is 3.71. The lowest BCUT2D eigenvalue weighted by Gasteiger charge is -2.17. The van der Waals surface area contributed by atoms with Crippen LogP contribution >= 0.6 is 0 Å². The van der Waals surface area contributed by atoms with E-state index in [0.717, 1.165) is 33.2 Å². The van der Waals surface area contributed by atoms with Crippen molar-refractivity contribution in [1.29, 1.82) is 0 Å². The number of carbonyl (C=O) groups excluding carboxylic acids is 1. The second-order valence-corrected chi connectivity index (χ2v) is 6.90. The Morgan fingerprint density at radius 1 is 1.11 bits per heavy atom. The molecule has 0 atom stereocenters.